The number of rotatable bonds is 6. The molecule has 13 rings (SSSR count). The first kappa shape index (κ1) is 39.2. The van der Waals surface area contributed by atoms with E-state index in [1.54, 1.807) is 22.3 Å². The third-order valence-electron chi connectivity index (χ3n) is 15.9. The average molecular weight is 849 g/mol. The predicted molar refractivity (Wildman–Crippen MR) is 273 cm³/mol. The maximum absolute atomic E-state index is 5.19. The molecule has 0 bridgehead atoms. The fraction of sp³-hybridized carbons (Fsp3) is 0.188. The topological polar surface area (TPSA) is 25.8 Å². The summed E-state index contributed by atoms with van der Waals surface area (Å²) in [5.41, 5.74) is 24.9. The van der Waals surface area contributed by atoms with E-state index >= 15 is 0 Å². The molecule has 4 aliphatic rings. The lowest BCUT2D eigenvalue weighted by molar-refractivity contribution is 0.350. The van der Waals surface area contributed by atoms with Crippen LogP contribution in [0.3, 0.4) is 0 Å². The van der Waals surface area contributed by atoms with E-state index in [9.17, 15) is 0 Å². The Balaban J connectivity index is 0.877. The molecule has 4 aliphatic carbocycles. The van der Waals surface area contributed by atoms with Gasteiger partial charge in [0.1, 0.15) is 0 Å². The van der Waals surface area contributed by atoms with Crippen LogP contribution in [0.4, 0.5) is 0 Å². The van der Waals surface area contributed by atoms with Crippen LogP contribution >= 0.6 is 0 Å². The molecule has 9 aromatic rings. The maximum Gasteiger partial charge on any atom is 0.160 e. The van der Waals surface area contributed by atoms with Crippen LogP contribution in [0.15, 0.2) is 194 Å². The Morgan fingerprint density at radius 2 is 0.742 bits per heavy atom. The number of nitrogens with zero attached hydrogens (tertiary/aromatic N) is 2. The van der Waals surface area contributed by atoms with Gasteiger partial charge in [0.25, 0.3) is 0 Å². The van der Waals surface area contributed by atoms with E-state index in [0.717, 1.165) is 33.9 Å². The van der Waals surface area contributed by atoms with Crippen LogP contribution in [0, 0.1) is 0 Å². The molecule has 0 saturated heterocycles. The quantitative estimate of drug-likeness (QED) is 0.167. The summed E-state index contributed by atoms with van der Waals surface area (Å²) in [4.78, 5) is 10.3. The summed E-state index contributed by atoms with van der Waals surface area (Å²) in [6.07, 6.45) is 12.9. The molecule has 0 N–H and O–H groups in total. The van der Waals surface area contributed by atoms with Gasteiger partial charge in [-0.1, -0.05) is 208 Å². The van der Waals surface area contributed by atoms with E-state index in [1.165, 1.54) is 120 Å². The zero-order chi connectivity index (χ0) is 43.7. The molecule has 2 saturated carbocycles. The summed E-state index contributed by atoms with van der Waals surface area (Å²) < 4.78 is 0. The minimum Gasteiger partial charge on any atom is -0.228 e. The molecule has 2 fully saturated rings. The highest BCUT2D eigenvalue weighted by molar-refractivity contribution is 5.96. The van der Waals surface area contributed by atoms with Crippen LogP contribution in [0.2, 0.25) is 0 Å². The Labute approximate surface area is 389 Å². The van der Waals surface area contributed by atoms with Gasteiger partial charge in [-0.15, -0.1) is 0 Å². The highest BCUT2D eigenvalue weighted by atomic mass is 14.9. The second-order valence-electron chi connectivity index (χ2n) is 19.4. The largest absolute Gasteiger partial charge is 0.228 e. The summed E-state index contributed by atoms with van der Waals surface area (Å²) in [7, 11) is 0. The normalized spacial score (nSPS) is 16.1. The Kier molecular flexibility index (Phi) is 9.38. The second-order valence-corrected chi connectivity index (χ2v) is 19.4. The van der Waals surface area contributed by atoms with Gasteiger partial charge in [-0.05, 0) is 128 Å². The molecular formula is C64H52N2. The van der Waals surface area contributed by atoms with Crippen molar-refractivity contribution < 1.29 is 0 Å². The first-order valence-electron chi connectivity index (χ1n) is 24.4. The highest BCUT2D eigenvalue weighted by Gasteiger charge is 2.49. The van der Waals surface area contributed by atoms with Gasteiger partial charge >= 0.3 is 0 Å². The zero-order valence-electron chi connectivity index (χ0n) is 37.4. The van der Waals surface area contributed by atoms with Crippen molar-refractivity contribution in [1.29, 1.82) is 0 Å². The van der Waals surface area contributed by atoms with Crippen LogP contribution < -0.4 is 0 Å². The van der Waals surface area contributed by atoms with E-state index < -0.39 is 0 Å². The summed E-state index contributed by atoms with van der Waals surface area (Å²) >= 11 is 0. The molecule has 1 aromatic heterocycles. The first-order valence-corrected chi connectivity index (χ1v) is 24.4. The van der Waals surface area contributed by atoms with E-state index in [4.69, 9.17) is 9.97 Å². The Morgan fingerprint density at radius 3 is 1.45 bits per heavy atom. The van der Waals surface area contributed by atoms with Crippen molar-refractivity contribution in [2.24, 2.45) is 0 Å². The van der Waals surface area contributed by atoms with Gasteiger partial charge < -0.3 is 0 Å². The fourth-order valence-corrected chi connectivity index (χ4v) is 12.7. The van der Waals surface area contributed by atoms with Crippen molar-refractivity contribution in [3.05, 3.63) is 216 Å². The van der Waals surface area contributed by atoms with Crippen molar-refractivity contribution in [1.82, 2.24) is 9.97 Å². The molecule has 2 nitrogen and oxygen atoms in total. The molecular weight excluding hydrogens is 797 g/mol. The Morgan fingerprint density at radius 1 is 0.273 bits per heavy atom. The molecule has 0 unspecified atom stereocenters. The molecule has 0 aliphatic heterocycles. The SMILES string of the molecule is c1ccc(-c2ccc(-c3cc(-c4cccc(-c5ccc(-c6cccc7c6-c6cc8c(cc6C76CCCCC6)-c6ccccc6C86CCCCC6)cc5)c4)nc(-c4ccccc4)n3)cc2)cc1. The molecule has 0 radical (unpaired) electrons. The van der Waals surface area contributed by atoms with Crippen LogP contribution in [-0.4, -0.2) is 9.97 Å². The number of aromatic nitrogens is 2. The Hall–Kier alpha value is -7.16. The third kappa shape index (κ3) is 6.29. The summed E-state index contributed by atoms with van der Waals surface area (Å²) in [6, 6.07) is 72.0. The van der Waals surface area contributed by atoms with Gasteiger partial charge in [0.15, 0.2) is 5.82 Å². The molecule has 2 spiro atoms. The van der Waals surface area contributed by atoms with E-state index in [2.05, 4.69) is 188 Å². The zero-order valence-corrected chi connectivity index (χ0v) is 37.4. The first-order chi connectivity index (χ1) is 32.6. The lowest BCUT2D eigenvalue weighted by Crippen LogP contribution is -2.29. The van der Waals surface area contributed by atoms with E-state index in [-0.39, 0.29) is 10.8 Å². The lowest BCUT2D eigenvalue weighted by Gasteiger charge is -2.37. The van der Waals surface area contributed by atoms with Crippen LogP contribution in [-0.2, 0) is 10.8 Å². The van der Waals surface area contributed by atoms with Gasteiger partial charge in [-0.25, -0.2) is 9.97 Å². The summed E-state index contributed by atoms with van der Waals surface area (Å²) in [5.74, 6) is 0.723. The average Bonchev–Trinajstić information content (AvgIpc) is 3.81. The van der Waals surface area contributed by atoms with Gasteiger partial charge in [0.05, 0.1) is 11.4 Å². The molecule has 2 heteroatoms. The van der Waals surface area contributed by atoms with Crippen molar-refractivity contribution in [3.8, 4) is 89.5 Å². The summed E-state index contributed by atoms with van der Waals surface area (Å²) in [5, 5.41) is 0. The highest BCUT2D eigenvalue weighted by Crippen LogP contribution is 2.63. The van der Waals surface area contributed by atoms with Gasteiger partial charge in [-0.3, -0.25) is 0 Å². The second kappa shape index (κ2) is 15.8. The molecule has 0 amide bonds. The van der Waals surface area contributed by atoms with E-state index in [1.807, 2.05) is 6.07 Å². The number of benzene rings is 8. The molecule has 318 valence electrons. The molecule has 66 heavy (non-hydrogen) atoms. The maximum atomic E-state index is 5.19. The molecule has 0 atom stereocenters. The van der Waals surface area contributed by atoms with Gasteiger partial charge in [0.2, 0.25) is 0 Å². The monoisotopic (exact) mass is 848 g/mol. The van der Waals surface area contributed by atoms with Crippen molar-refractivity contribution >= 4 is 0 Å². The minimum absolute atomic E-state index is 0.0818. The molecule has 1 heterocycles. The van der Waals surface area contributed by atoms with Crippen LogP contribution in [0.5, 0.6) is 0 Å². The summed E-state index contributed by atoms with van der Waals surface area (Å²) in [6.45, 7) is 0. The van der Waals surface area contributed by atoms with Crippen molar-refractivity contribution in [2.45, 2.75) is 75.0 Å². The number of hydrogen-bond acceptors (Lipinski definition) is 2. The standard InChI is InChI=1S/C64H52N2/c1-5-17-43(18-6-1)44-29-33-47(34-30-44)59-42-60(66-62(65-59)48-19-7-2-8-20-48)50-22-15-21-49(39-50)45-27-31-46(32-28-45)51-24-16-26-56-61(51)54-41-57-53(40-58(54)64(56)37-13-4-14-38-64)52-23-9-10-25-55(52)63(57)35-11-3-12-36-63/h1-2,5-10,15-34,39-42H,3-4,11-14,35-38H2. The fourth-order valence-electron chi connectivity index (χ4n) is 12.7. The predicted octanol–water partition coefficient (Wildman–Crippen LogP) is 16.9. The lowest BCUT2D eigenvalue weighted by atomic mass is 9.66. The van der Waals surface area contributed by atoms with Crippen molar-refractivity contribution in [2.75, 3.05) is 0 Å². The third-order valence-corrected chi connectivity index (χ3v) is 15.9. The Bertz CT molecular complexity index is 3280. The number of hydrogen-bond donors (Lipinski definition) is 0. The smallest absolute Gasteiger partial charge is 0.160 e. The molecule has 8 aromatic carbocycles. The van der Waals surface area contributed by atoms with Crippen molar-refractivity contribution in [3.63, 3.8) is 0 Å². The number of fused-ring (bicyclic) bond motifs is 10. The van der Waals surface area contributed by atoms with Gasteiger partial charge in [-0.2, -0.15) is 0 Å². The van der Waals surface area contributed by atoms with E-state index in [0.29, 0.717) is 0 Å². The van der Waals surface area contributed by atoms with Crippen LogP contribution in [0.25, 0.3) is 89.5 Å². The minimum atomic E-state index is 0.0818. The van der Waals surface area contributed by atoms with Gasteiger partial charge in [0, 0.05) is 27.5 Å². The van der Waals surface area contributed by atoms with Crippen LogP contribution in [0.1, 0.15) is 86.5 Å².